The maximum absolute atomic E-state index is 4.15. The van der Waals surface area contributed by atoms with Crippen LogP contribution in [0.1, 0.15) is 34.1 Å². The predicted octanol–water partition coefficient (Wildman–Crippen LogP) is 3.47. The predicted molar refractivity (Wildman–Crippen MR) is 66.7 cm³/mol. The summed E-state index contributed by atoms with van der Waals surface area (Å²) < 4.78 is 0. The van der Waals surface area contributed by atoms with Crippen molar-refractivity contribution in [3.63, 3.8) is 0 Å². The third kappa shape index (κ3) is 9.04. The SMILES string of the molecule is C=C(C)/C=N\C(=C)N(C)CCC.CC. The third-order valence-corrected chi connectivity index (χ3v) is 1.43. The van der Waals surface area contributed by atoms with Gasteiger partial charge >= 0.3 is 0 Å². The fraction of sp³-hybridized carbons (Fsp3) is 0.583. The van der Waals surface area contributed by atoms with E-state index in [9.17, 15) is 0 Å². The highest BCUT2D eigenvalue weighted by molar-refractivity contribution is 5.77. The summed E-state index contributed by atoms with van der Waals surface area (Å²) in [5, 5.41) is 0. The molecule has 0 saturated heterocycles. The number of rotatable bonds is 5. The van der Waals surface area contributed by atoms with Gasteiger partial charge in [0.25, 0.3) is 0 Å². The first kappa shape index (κ1) is 15.4. The molecule has 0 bridgehead atoms. The van der Waals surface area contributed by atoms with Gasteiger partial charge in [0, 0.05) is 19.8 Å². The molecule has 0 aromatic heterocycles. The molecule has 0 N–H and O–H groups in total. The smallest absolute Gasteiger partial charge is 0.120 e. The molecule has 0 saturated carbocycles. The van der Waals surface area contributed by atoms with Crippen molar-refractivity contribution in [2.45, 2.75) is 34.1 Å². The van der Waals surface area contributed by atoms with Crippen LogP contribution in [0.2, 0.25) is 0 Å². The minimum absolute atomic E-state index is 0.792. The summed E-state index contributed by atoms with van der Waals surface area (Å²) in [5.74, 6) is 0.792. The summed E-state index contributed by atoms with van der Waals surface area (Å²) >= 11 is 0. The molecule has 0 atom stereocenters. The second-order valence-electron chi connectivity index (χ2n) is 2.94. The standard InChI is InChI=1S/C10H18N2.C2H6/c1-6-7-12(5)10(4)11-8-9(2)3;1-2/h8H,2,4,6-7H2,1,3,5H3;1-2H3/b11-8-;. The van der Waals surface area contributed by atoms with E-state index in [0.29, 0.717) is 0 Å². The van der Waals surface area contributed by atoms with Crippen molar-refractivity contribution in [3.05, 3.63) is 24.6 Å². The Hall–Kier alpha value is -1.05. The molecule has 14 heavy (non-hydrogen) atoms. The molecule has 0 aliphatic carbocycles. The van der Waals surface area contributed by atoms with Gasteiger partial charge in [0.1, 0.15) is 5.82 Å². The van der Waals surface area contributed by atoms with Gasteiger partial charge in [0.2, 0.25) is 0 Å². The molecule has 0 unspecified atom stereocenters. The summed E-state index contributed by atoms with van der Waals surface area (Å²) in [6, 6.07) is 0. The normalized spacial score (nSPS) is 9.21. The molecule has 0 spiro atoms. The van der Waals surface area contributed by atoms with Crippen LogP contribution in [0.15, 0.2) is 29.5 Å². The van der Waals surface area contributed by atoms with Crippen molar-refractivity contribution in [2.24, 2.45) is 4.99 Å². The molecule has 0 rings (SSSR count). The van der Waals surface area contributed by atoms with E-state index in [1.54, 1.807) is 6.21 Å². The fourth-order valence-electron chi connectivity index (χ4n) is 0.748. The molecule has 0 aromatic rings. The molecule has 0 aliphatic heterocycles. The third-order valence-electron chi connectivity index (χ3n) is 1.43. The lowest BCUT2D eigenvalue weighted by molar-refractivity contribution is 0.415. The largest absolute Gasteiger partial charge is 0.360 e. The van der Waals surface area contributed by atoms with E-state index in [0.717, 1.165) is 24.4 Å². The van der Waals surface area contributed by atoms with Gasteiger partial charge < -0.3 is 4.90 Å². The number of allylic oxidation sites excluding steroid dienone is 1. The van der Waals surface area contributed by atoms with Gasteiger partial charge in [-0.2, -0.15) is 0 Å². The Morgan fingerprint density at radius 1 is 1.36 bits per heavy atom. The van der Waals surface area contributed by atoms with Gasteiger partial charge in [0.15, 0.2) is 0 Å². The van der Waals surface area contributed by atoms with E-state index >= 15 is 0 Å². The van der Waals surface area contributed by atoms with Crippen LogP contribution in [0.3, 0.4) is 0 Å². The molecule has 0 aromatic carbocycles. The Morgan fingerprint density at radius 3 is 2.21 bits per heavy atom. The van der Waals surface area contributed by atoms with Crippen LogP contribution in [0.4, 0.5) is 0 Å². The quantitative estimate of drug-likeness (QED) is 0.615. The molecular formula is C12H24N2. The van der Waals surface area contributed by atoms with Crippen LogP contribution >= 0.6 is 0 Å². The molecule has 0 aliphatic rings. The highest BCUT2D eigenvalue weighted by Crippen LogP contribution is 2.00. The lowest BCUT2D eigenvalue weighted by Gasteiger charge is -2.16. The zero-order valence-electron chi connectivity index (χ0n) is 10.3. The van der Waals surface area contributed by atoms with Gasteiger partial charge in [-0.05, 0) is 18.9 Å². The van der Waals surface area contributed by atoms with Crippen molar-refractivity contribution < 1.29 is 0 Å². The highest BCUT2D eigenvalue weighted by atomic mass is 15.2. The van der Waals surface area contributed by atoms with E-state index < -0.39 is 0 Å². The molecule has 2 nitrogen and oxygen atoms in total. The van der Waals surface area contributed by atoms with Crippen LogP contribution < -0.4 is 0 Å². The van der Waals surface area contributed by atoms with Crippen molar-refractivity contribution >= 4 is 6.21 Å². The second-order valence-corrected chi connectivity index (χ2v) is 2.94. The summed E-state index contributed by atoms with van der Waals surface area (Å²) in [6.45, 7) is 16.6. The Bertz CT molecular complexity index is 192. The molecule has 0 radical (unpaired) electrons. The van der Waals surface area contributed by atoms with E-state index in [2.05, 4.69) is 25.1 Å². The summed E-state index contributed by atoms with van der Waals surface area (Å²) in [6.07, 6.45) is 2.84. The Balaban J connectivity index is 0. The van der Waals surface area contributed by atoms with E-state index in [1.807, 2.05) is 32.7 Å². The van der Waals surface area contributed by atoms with Gasteiger partial charge in [-0.3, -0.25) is 0 Å². The van der Waals surface area contributed by atoms with Crippen LogP contribution in [-0.4, -0.2) is 24.7 Å². The Morgan fingerprint density at radius 2 is 1.86 bits per heavy atom. The van der Waals surface area contributed by atoms with Gasteiger partial charge in [-0.1, -0.05) is 33.9 Å². The molecular weight excluding hydrogens is 172 g/mol. The van der Waals surface area contributed by atoms with Crippen molar-refractivity contribution in [1.82, 2.24) is 4.90 Å². The molecule has 82 valence electrons. The van der Waals surface area contributed by atoms with E-state index in [1.165, 1.54) is 0 Å². The lowest BCUT2D eigenvalue weighted by atomic mass is 10.4. The van der Waals surface area contributed by atoms with Gasteiger partial charge in [-0.25, -0.2) is 4.99 Å². The molecule has 0 heterocycles. The maximum Gasteiger partial charge on any atom is 0.120 e. The average Bonchev–Trinajstić information content (AvgIpc) is 2.17. The van der Waals surface area contributed by atoms with E-state index in [4.69, 9.17) is 0 Å². The fourth-order valence-corrected chi connectivity index (χ4v) is 0.748. The summed E-state index contributed by atoms with van der Waals surface area (Å²) in [5.41, 5.74) is 0.945. The monoisotopic (exact) mass is 196 g/mol. The number of aliphatic imine (C=N–C) groups is 1. The van der Waals surface area contributed by atoms with Crippen LogP contribution in [-0.2, 0) is 0 Å². The topological polar surface area (TPSA) is 15.6 Å². The minimum atomic E-state index is 0.792. The van der Waals surface area contributed by atoms with Gasteiger partial charge in [-0.15, -0.1) is 0 Å². The number of hydrogen-bond donors (Lipinski definition) is 0. The van der Waals surface area contributed by atoms with Crippen LogP contribution in [0.5, 0.6) is 0 Å². The first-order valence-electron chi connectivity index (χ1n) is 5.17. The number of hydrogen-bond acceptors (Lipinski definition) is 2. The first-order valence-corrected chi connectivity index (χ1v) is 5.17. The van der Waals surface area contributed by atoms with E-state index in [-0.39, 0.29) is 0 Å². The molecule has 2 heteroatoms. The average molecular weight is 196 g/mol. The summed E-state index contributed by atoms with van der Waals surface area (Å²) in [4.78, 5) is 6.18. The minimum Gasteiger partial charge on any atom is -0.360 e. The van der Waals surface area contributed by atoms with Crippen LogP contribution in [0, 0.1) is 0 Å². The first-order chi connectivity index (χ1) is 6.57. The van der Waals surface area contributed by atoms with Crippen molar-refractivity contribution in [3.8, 4) is 0 Å². The summed E-state index contributed by atoms with van der Waals surface area (Å²) in [7, 11) is 1.99. The zero-order chi connectivity index (χ0) is 11.6. The maximum atomic E-state index is 4.15. The Labute approximate surface area is 89.0 Å². The lowest BCUT2D eigenvalue weighted by Crippen LogP contribution is -2.16. The Kier molecular flexibility index (Phi) is 11.1. The zero-order valence-corrected chi connectivity index (χ0v) is 10.3. The van der Waals surface area contributed by atoms with Crippen LogP contribution in [0.25, 0.3) is 0 Å². The van der Waals surface area contributed by atoms with Gasteiger partial charge in [0.05, 0.1) is 0 Å². The van der Waals surface area contributed by atoms with Crippen molar-refractivity contribution in [1.29, 1.82) is 0 Å². The number of nitrogens with zero attached hydrogens (tertiary/aromatic N) is 2. The molecule has 0 fully saturated rings. The molecule has 0 amide bonds. The second kappa shape index (κ2) is 10.0. The van der Waals surface area contributed by atoms with Crippen molar-refractivity contribution in [2.75, 3.05) is 13.6 Å². The highest BCUT2D eigenvalue weighted by Gasteiger charge is 1.95.